The number of hydrogen-bond acceptors (Lipinski definition) is 3. The van der Waals surface area contributed by atoms with Crippen molar-refractivity contribution < 1.29 is 14.0 Å². The number of halogens is 1. The Balaban J connectivity index is 1.63. The summed E-state index contributed by atoms with van der Waals surface area (Å²) in [7, 11) is 0. The largest absolute Gasteiger partial charge is 0.358 e. The highest BCUT2D eigenvalue weighted by atomic mass is 19.1. The van der Waals surface area contributed by atoms with Crippen LogP contribution >= 0.6 is 0 Å². The number of likely N-dealkylation sites (N-methyl/N-ethyl adjacent to an activating group) is 1. The minimum atomic E-state index is -0.395. The summed E-state index contributed by atoms with van der Waals surface area (Å²) >= 11 is 0. The molecule has 2 aliphatic rings. The zero-order chi connectivity index (χ0) is 22.3. The molecule has 0 bridgehead atoms. The van der Waals surface area contributed by atoms with Crippen molar-refractivity contribution in [3.8, 4) is 0 Å². The minimum Gasteiger partial charge on any atom is -0.358 e. The number of H-pyrrole nitrogens is 1. The Morgan fingerprint density at radius 2 is 2.10 bits per heavy atom. The van der Waals surface area contributed by atoms with Crippen LogP contribution in [0.5, 0.6) is 0 Å². The summed E-state index contributed by atoms with van der Waals surface area (Å²) in [6, 6.07) is 4.64. The fraction of sp³-hybridized carbons (Fsp3) is 0.417. The third-order valence-corrected chi connectivity index (χ3v) is 6.54. The predicted molar refractivity (Wildman–Crippen MR) is 120 cm³/mol. The van der Waals surface area contributed by atoms with E-state index in [1.165, 1.54) is 12.1 Å². The van der Waals surface area contributed by atoms with Gasteiger partial charge in [-0.15, -0.1) is 0 Å². The topological polar surface area (TPSA) is 77.2 Å². The molecule has 1 aromatic carbocycles. The van der Waals surface area contributed by atoms with Gasteiger partial charge in [-0.25, -0.2) is 4.39 Å². The number of carbonyl (C=O) groups is 2. The second-order valence-corrected chi connectivity index (χ2v) is 8.40. The fourth-order valence-electron chi connectivity index (χ4n) is 4.94. The number of fused-ring (bicyclic) bond motifs is 1. The lowest BCUT2D eigenvalue weighted by molar-refractivity contribution is -0.110. The Morgan fingerprint density at radius 3 is 2.84 bits per heavy atom. The van der Waals surface area contributed by atoms with Crippen LogP contribution in [-0.4, -0.2) is 47.4 Å². The number of rotatable bonds is 5. The van der Waals surface area contributed by atoms with Gasteiger partial charge in [0.2, 0.25) is 0 Å². The number of nitrogens with one attached hydrogen (secondary N) is 3. The van der Waals surface area contributed by atoms with Crippen molar-refractivity contribution in [3.05, 3.63) is 52.1 Å². The number of carbonyl (C=O) groups excluding carboxylic acids is 2. The molecule has 7 heteroatoms. The van der Waals surface area contributed by atoms with Gasteiger partial charge >= 0.3 is 0 Å². The first-order valence-electron chi connectivity index (χ1n) is 10.9. The molecule has 1 fully saturated rings. The smallest absolute Gasteiger partial charge is 0.256 e. The molecule has 2 aromatic rings. The molecule has 6 nitrogen and oxygen atoms in total. The Kier molecular flexibility index (Phi) is 5.71. The van der Waals surface area contributed by atoms with Gasteiger partial charge in [0.05, 0.1) is 11.1 Å². The maximum atomic E-state index is 13.8. The number of aromatic nitrogens is 1. The van der Waals surface area contributed by atoms with Crippen LogP contribution < -0.4 is 10.6 Å². The second kappa shape index (κ2) is 8.30. The van der Waals surface area contributed by atoms with Gasteiger partial charge in [0, 0.05) is 35.2 Å². The van der Waals surface area contributed by atoms with E-state index in [0.717, 1.165) is 42.9 Å². The van der Waals surface area contributed by atoms with Crippen molar-refractivity contribution in [1.29, 1.82) is 0 Å². The molecule has 4 rings (SSSR count). The maximum Gasteiger partial charge on any atom is 0.256 e. The Bertz CT molecular complexity index is 1090. The first-order chi connectivity index (χ1) is 14.8. The maximum absolute atomic E-state index is 13.8. The molecule has 0 saturated carbocycles. The van der Waals surface area contributed by atoms with E-state index in [4.69, 9.17) is 0 Å². The first kappa shape index (κ1) is 21.3. The van der Waals surface area contributed by atoms with Crippen LogP contribution in [-0.2, 0) is 4.79 Å². The van der Waals surface area contributed by atoms with Gasteiger partial charge in [-0.2, -0.15) is 0 Å². The molecule has 1 aromatic heterocycles. The standard InChI is InChI=1S/C24H29FN4O2/c1-5-29-10-6-7-17(29)12-26-23(30)20-13(2)22(27-15(20)4)14(3)21-18-11-16(25)8-9-19(18)28-24(21)31/h8-9,11,17,27H,5-7,10,12H2,1-4H3,(H,26,30)(H,28,31)/b21-14-. The normalized spacial score (nSPS) is 20.0. The lowest BCUT2D eigenvalue weighted by Crippen LogP contribution is -2.40. The number of benzene rings is 1. The van der Waals surface area contributed by atoms with Crippen molar-refractivity contribution in [3.63, 3.8) is 0 Å². The molecule has 3 N–H and O–H groups in total. The highest BCUT2D eigenvalue weighted by molar-refractivity contribution is 6.36. The van der Waals surface area contributed by atoms with Gasteiger partial charge in [-0.05, 0) is 76.0 Å². The number of amides is 2. The van der Waals surface area contributed by atoms with Gasteiger partial charge in [-0.1, -0.05) is 6.92 Å². The molecule has 0 radical (unpaired) electrons. The number of nitrogens with zero attached hydrogens (tertiary/aromatic N) is 1. The van der Waals surface area contributed by atoms with Crippen molar-refractivity contribution in [2.24, 2.45) is 0 Å². The third-order valence-electron chi connectivity index (χ3n) is 6.54. The molecule has 1 atom stereocenters. The number of hydrogen-bond donors (Lipinski definition) is 3. The lowest BCUT2D eigenvalue weighted by Gasteiger charge is -2.22. The van der Waals surface area contributed by atoms with Gasteiger partial charge in [0.1, 0.15) is 5.82 Å². The molecule has 164 valence electrons. The van der Waals surface area contributed by atoms with Crippen LogP contribution in [0.25, 0.3) is 11.1 Å². The van der Waals surface area contributed by atoms with E-state index < -0.39 is 5.82 Å². The number of allylic oxidation sites excluding steroid dienone is 1. The summed E-state index contributed by atoms with van der Waals surface area (Å²) < 4.78 is 13.8. The zero-order valence-corrected chi connectivity index (χ0v) is 18.5. The lowest BCUT2D eigenvalue weighted by atomic mass is 9.97. The molecule has 2 aliphatic heterocycles. The summed E-state index contributed by atoms with van der Waals surface area (Å²) in [6.07, 6.45) is 2.26. The molecular weight excluding hydrogens is 395 g/mol. The van der Waals surface area contributed by atoms with E-state index in [0.29, 0.717) is 40.5 Å². The average molecular weight is 425 g/mol. The average Bonchev–Trinajstić information content (AvgIpc) is 3.40. The first-order valence-corrected chi connectivity index (χ1v) is 10.9. The molecule has 3 heterocycles. The van der Waals surface area contributed by atoms with Crippen molar-refractivity contribution >= 4 is 28.6 Å². The Morgan fingerprint density at radius 1 is 1.32 bits per heavy atom. The molecular formula is C24H29FN4O2. The van der Waals surface area contributed by atoms with Crippen LogP contribution in [0.3, 0.4) is 0 Å². The van der Waals surface area contributed by atoms with E-state index in [1.54, 1.807) is 6.07 Å². The van der Waals surface area contributed by atoms with Crippen LogP contribution in [0, 0.1) is 19.7 Å². The molecule has 0 spiro atoms. The molecule has 31 heavy (non-hydrogen) atoms. The second-order valence-electron chi connectivity index (χ2n) is 8.40. The van der Waals surface area contributed by atoms with Crippen LogP contribution in [0.4, 0.5) is 10.1 Å². The highest BCUT2D eigenvalue weighted by Crippen LogP contribution is 2.38. The van der Waals surface area contributed by atoms with Gasteiger partial charge in [0.15, 0.2) is 0 Å². The van der Waals surface area contributed by atoms with E-state index >= 15 is 0 Å². The zero-order valence-electron chi connectivity index (χ0n) is 18.5. The van der Waals surface area contributed by atoms with Crippen LogP contribution in [0.15, 0.2) is 18.2 Å². The van der Waals surface area contributed by atoms with Crippen LogP contribution in [0.2, 0.25) is 0 Å². The van der Waals surface area contributed by atoms with Crippen LogP contribution in [0.1, 0.15) is 59.6 Å². The number of aryl methyl sites for hydroxylation is 1. The summed E-state index contributed by atoms with van der Waals surface area (Å²) in [5, 5.41) is 5.88. The summed E-state index contributed by atoms with van der Waals surface area (Å²) in [4.78, 5) is 31.3. The predicted octanol–water partition coefficient (Wildman–Crippen LogP) is 3.87. The van der Waals surface area contributed by atoms with Gasteiger partial charge in [-0.3, -0.25) is 14.5 Å². The van der Waals surface area contributed by atoms with Crippen molar-refractivity contribution in [1.82, 2.24) is 15.2 Å². The Hall–Kier alpha value is -2.93. The quantitative estimate of drug-likeness (QED) is 0.638. The van der Waals surface area contributed by atoms with Crippen molar-refractivity contribution in [2.45, 2.75) is 46.6 Å². The van der Waals surface area contributed by atoms with Crippen molar-refractivity contribution in [2.75, 3.05) is 25.0 Å². The summed E-state index contributed by atoms with van der Waals surface area (Å²) in [6.45, 7) is 10.4. The summed E-state index contributed by atoms with van der Waals surface area (Å²) in [5.41, 5.74) is 5.12. The number of anilines is 1. The van der Waals surface area contributed by atoms with E-state index in [2.05, 4.69) is 27.4 Å². The highest BCUT2D eigenvalue weighted by Gasteiger charge is 2.30. The molecule has 2 amide bonds. The number of likely N-dealkylation sites (tertiary alicyclic amines) is 1. The van der Waals surface area contributed by atoms with E-state index in [-0.39, 0.29) is 11.8 Å². The molecule has 1 unspecified atom stereocenters. The molecule has 1 saturated heterocycles. The summed E-state index contributed by atoms with van der Waals surface area (Å²) in [5.74, 6) is -0.773. The van der Waals surface area contributed by atoms with E-state index in [1.807, 2.05) is 20.8 Å². The van der Waals surface area contributed by atoms with Gasteiger partial charge < -0.3 is 15.6 Å². The monoisotopic (exact) mass is 424 g/mol. The van der Waals surface area contributed by atoms with E-state index in [9.17, 15) is 14.0 Å². The fourth-order valence-corrected chi connectivity index (χ4v) is 4.94. The minimum absolute atomic E-state index is 0.111. The molecule has 0 aliphatic carbocycles. The van der Waals surface area contributed by atoms with Gasteiger partial charge in [0.25, 0.3) is 11.8 Å². The number of aromatic amines is 1. The SMILES string of the molecule is CCN1CCCC1CNC(=O)c1c(C)[nH]c(/C(C)=C2\C(=O)Nc3ccc(F)cc32)c1C. The third kappa shape index (κ3) is 3.78. The Labute approximate surface area is 181 Å².